The minimum atomic E-state index is -0.567. The molecule has 0 saturated carbocycles. The van der Waals surface area contributed by atoms with E-state index in [2.05, 4.69) is 10.6 Å². The Hall–Kier alpha value is -3.35. The van der Waals surface area contributed by atoms with Crippen molar-refractivity contribution >= 4 is 17.8 Å². The molecule has 29 heavy (non-hydrogen) atoms. The highest BCUT2D eigenvalue weighted by molar-refractivity contribution is 6.08. The van der Waals surface area contributed by atoms with Crippen LogP contribution >= 0.6 is 0 Å². The van der Waals surface area contributed by atoms with Crippen molar-refractivity contribution in [1.29, 1.82) is 0 Å². The SMILES string of the molecule is CC(C)(C)OC(=O)NCCNC(=O)COc1ccc(C(=O)c2ccccc2)cc1. The summed E-state index contributed by atoms with van der Waals surface area (Å²) in [6.07, 6.45) is -0.534. The van der Waals surface area contributed by atoms with E-state index in [0.29, 0.717) is 16.9 Å². The zero-order valence-corrected chi connectivity index (χ0v) is 16.9. The molecule has 2 aromatic carbocycles. The predicted octanol–water partition coefficient (Wildman–Crippen LogP) is 2.94. The number of carbonyl (C=O) groups excluding carboxylic acids is 3. The number of nitrogens with one attached hydrogen (secondary N) is 2. The summed E-state index contributed by atoms with van der Waals surface area (Å²) in [5.74, 6) is 0.0875. The standard InChI is InChI=1S/C22H26N2O5/c1-22(2,3)29-21(27)24-14-13-23-19(25)15-28-18-11-9-17(10-12-18)20(26)16-7-5-4-6-8-16/h4-12H,13-15H2,1-3H3,(H,23,25)(H,24,27). The van der Waals surface area contributed by atoms with Crippen molar-refractivity contribution in [2.45, 2.75) is 26.4 Å². The predicted molar refractivity (Wildman–Crippen MR) is 109 cm³/mol. The number of hydrogen-bond donors (Lipinski definition) is 2. The van der Waals surface area contributed by atoms with Crippen LogP contribution in [0.3, 0.4) is 0 Å². The van der Waals surface area contributed by atoms with Gasteiger partial charge in [0.05, 0.1) is 0 Å². The van der Waals surface area contributed by atoms with E-state index in [-0.39, 0.29) is 31.4 Å². The van der Waals surface area contributed by atoms with Crippen LogP contribution in [0.5, 0.6) is 5.75 Å². The summed E-state index contributed by atoms with van der Waals surface area (Å²) in [6.45, 7) is 5.66. The van der Waals surface area contributed by atoms with Crippen LogP contribution in [0.1, 0.15) is 36.7 Å². The summed E-state index contributed by atoms with van der Waals surface area (Å²) in [5.41, 5.74) is 0.587. The number of benzene rings is 2. The van der Waals surface area contributed by atoms with Crippen LogP contribution in [-0.4, -0.2) is 43.1 Å². The minimum Gasteiger partial charge on any atom is -0.484 e. The van der Waals surface area contributed by atoms with Crippen LogP contribution < -0.4 is 15.4 Å². The van der Waals surface area contributed by atoms with Crippen LogP contribution in [0.2, 0.25) is 0 Å². The van der Waals surface area contributed by atoms with Gasteiger partial charge >= 0.3 is 6.09 Å². The monoisotopic (exact) mass is 398 g/mol. The van der Waals surface area contributed by atoms with E-state index in [4.69, 9.17) is 9.47 Å². The molecule has 2 amide bonds. The largest absolute Gasteiger partial charge is 0.484 e. The van der Waals surface area contributed by atoms with Gasteiger partial charge in [0.25, 0.3) is 5.91 Å². The van der Waals surface area contributed by atoms with Gasteiger partial charge in [-0.25, -0.2) is 4.79 Å². The average Bonchev–Trinajstić information content (AvgIpc) is 2.69. The molecule has 0 radical (unpaired) electrons. The van der Waals surface area contributed by atoms with Gasteiger partial charge in [-0.2, -0.15) is 0 Å². The first-order valence-electron chi connectivity index (χ1n) is 9.31. The second kappa shape index (κ2) is 10.3. The molecule has 2 N–H and O–H groups in total. The molecule has 0 fully saturated rings. The Balaban J connectivity index is 1.70. The van der Waals surface area contributed by atoms with Gasteiger partial charge in [0.15, 0.2) is 12.4 Å². The fourth-order valence-electron chi connectivity index (χ4n) is 2.34. The topological polar surface area (TPSA) is 93.7 Å². The van der Waals surface area contributed by atoms with Crippen molar-refractivity contribution < 1.29 is 23.9 Å². The van der Waals surface area contributed by atoms with Gasteiger partial charge < -0.3 is 20.1 Å². The third-order valence-electron chi connectivity index (χ3n) is 3.64. The smallest absolute Gasteiger partial charge is 0.407 e. The van der Waals surface area contributed by atoms with Gasteiger partial charge in [0, 0.05) is 24.2 Å². The number of ether oxygens (including phenoxy) is 2. The fraction of sp³-hybridized carbons (Fsp3) is 0.318. The van der Waals surface area contributed by atoms with Crippen molar-refractivity contribution in [3.8, 4) is 5.75 Å². The van der Waals surface area contributed by atoms with E-state index < -0.39 is 11.7 Å². The highest BCUT2D eigenvalue weighted by Crippen LogP contribution is 2.15. The van der Waals surface area contributed by atoms with Crippen molar-refractivity contribution in [2.75, 3.05) is 19.7 Å². The van der Waals surface area contributed by atoms with Gasteiger partial charge in [0.2, 0.25) is 0 Å². The summed E-state index contributed by atoms with van der Waals surface area (Å²) in [4.78, 5) is 35.7. The maximum absolute atomic E-state index is 12.4. The first-order chi connectivity index (χ1) is 13.7. The number of hydrogen-bond acceptors (Lipinski definition) is 5. The van der Waals surface area contributed by atoms with E-state index in [0.717, 1.165) is 0 Å². The quantitative estimate of drug-likeness (QED) is 0.527. The number of alkyl carbamates (subject to hydrolysis) is 1. The van der Waals surface area contributed by atoms with Crippen LogP contribution in [0, 0.1) is 0 Å². The molecule has 0 heterocycles. The van der Waals surface area contributed by atoms with Crippen LogP contribution in [0.25, 0.3) is 0 Å². The zero-order valence-electron chi connectivity index (χ0n) is 16.9. The molecule has 0 unspecified atom stereocenters. The van der Waals surface area contributed by atoms with Gasteiger partial charge in [0.1, 0.15) is 11.4 Å². The summed E-state index contributed by atoms with van der Waals surface area (Å²) < 4.78 is 10.5. The summed E-state index contributed by atoms with van der Waals surface area (Å²) >= 11 is 0. The third kappa shape index (κ3) is 8.04. The Labute approximate surface area is 170 Å². The van der Waals surface area contributed by atoms with E-state index in [1.807, 2.05) is 18.2 Å². The lowest BCUT2D eigenvalue weighted by atomic mass is 10.0. The molecule has 0 aromatic heterocycles. The van der Waals surface area contributed by atoms with E-state index in [1.54, 1.807) is 57.2 Å². The number of carbonyl (C=O) groups is 3. The summed E-state index contributed by atoms with van der Waals surface area (Å²) in [6, 6.07) is 15.6. The Morgan fingerprint density at radius 1 is 0.828 bits per heavy atom. The molecular weight excluding hydrogens is 372 g/mol. The highest BCUT2D eigenvalue weighted by atomic mass is 16.6. The van der Waals surface area contributed by atoms with Gasteiger partial charge in [-0.05, 0) is 45.0 Å². The molecule has 0 aliphatic heterocycles. The first kappa shape index (κ1) is 21.9. The molecular formula is C22H26N2O5. The molecule has 0 aliphatic rings. The van der Waals surface area contributed by atoms with Gasteiger partial charge in [-0.1, -0.05) is 30.3 Å². The summed E-state index contributed by atoms with van der Waals surface area (Å²) in [5, 5.41) is 5.18. The van der Waals surface area contributed by atoms with Crippen molar-refractivity contribution in [3.05, 3.63) is 65.7 Å². The fourth-order valence-corrected chi connectivity index (χ4v) is 2.34. The van der Waals surface area contributed by atoms with E-state index >= 15 is 0 Å². The maximum Gasteiger partial charge on any atom is 0.407 e. The molecule has 0 atom stereocenters. The molecule has 2 aromatic rings. The van der Waals surface area contributed by atoms with Gasteiger partial charge in [-0.15, -0.1) is 0 Å². The van der Waals surface area contributed by atoms with E-state index in [1.165, 1.54) is 0 Å². The van der Waals surface area contributed by atoms with Crippen molar-refractivity contribution in [1.82, 2.24) is 10.6 Å². The lowest BCUT2D eigenvalue weighted by Gasteiger charge is -2.19. The molecule has 7 nitrogen and oxygen atoms in total. The first-order valence-corrected chi connectivity index (χ1v) is 9.31. The molecule has 7 heteroatoms. The minimum absolute atomic E-state index is 0.0765. The van der Waals surface area contributed by atoms with E-state index in [9.17, 15) is 14.4 Å². The Morgan fingerprint density at radius 2 is 1.41 bits per heavy atom. The lowest BCUT2D eigenvalue weighted by molar-refractivity contribution is -0.123. The summed E-state index contributed by atoms with van der Waals surface area (Å²) in [7, 11) is 0. The number of rotatable bonds is 8. The molecule has 2 rings (SSSR count). The second-order valence-corrected chi connectivity index (χ2v) is 7.29. The molecule has 0 spiro atoms. The highest BCUT2D eigenvalue weighted by Gasteiger charge is 2.15. The number of amides is 2. The van der Waals surface area contributed by atoms with Gasteiger partial charge in [-0.3, -0.25) is 9.59 Å². The Morgan fingerprint density at radius 3 is 2.03 bits per heavy atom. The van der Waals surface area contributed by atoms with Crippen LogP contribution in [0.4, 0.5) is 4.79 Å². The molecule has 154 valence electrons. The van der Waals surface area contributed by atoms with Crippen molar-refractivity contribution in [3.63, 3.8) is 0 Å². The van der Waals surface area contributed by atoms with Crippen LogP contribution in [-0.2, 0) is 9.53 Å². The second-order valence-electron chi connectivity index (χ2n) is 7.29. The average molecular weight is 398 g/mol. The third-order valence-corrected chi connectivity index (χ3v) is 3.64. The Kier molecular flexibility index (Phi) is 7.77. The van der Waals surface area contributed by atoms with Crippen LogP contribution in [0.15, 0.2) is 54.6 Å². The molecule has 0 saturated heterocycles. The maximum atomic E-state index is 12.4. The number of ketones is 1. The molecule has 0 aliphatic carbocycles. The normalized spacial score (nSPS) is 10.7. The zero-order chi connectivity index (χ0) is 21.3. The Bertz CT molecular complexity index is 827. The lowest BCUT2D eigenvalue weighted by Crippen LogP contribution is -2.39. The molecule has 0 bridgehead atoms. The van der Waals surface area contributed by atoms with Crippen molar-refractivity contribution in [2.24, 2.45) is 0 Å².